The van der Waals surface area contributed by atoms with Gasteiger partial charge >= 0.3 is 0 Å². The van der Waals surface area contributed by atoms with Crippen LogP contribution in [0.5, 0.6) is 0 Å². The highest BCUT2D eigenvalue weighted by Crippen LogP contribution is 2.39. The van der Waals surface area contributed by atoms with Gasteiger partial charge in [-0.15, -0.1) is 0 Å². The predicted molar refractivity (Wildman–Crippen MR) is 108 cm³/mol. The van der Waals surface area contributed by atoms with Gasteiger partial charge in [0.1, 0.15) is 11.4 Å². The molecular formula is C22H17BrFNO4. The van der Waals surface area contributed by atoms with Gasteiger partial charge in [0.15, 0.2) is 5.43 Å². The lowest BCUT2D eigenvalue weighted by atomic mass is 9.98. The lowest BCUT2D eigenvalue weighted by Crippen LogP contribution is -2.36. The number of benzene rings is 2. The second kappa shape index (κ2) is 7.07. The molecule has 3 heterocycles. The molecule has 29 heavy (non-hydrogen) atoms. The lowest BCUT2D eigenvalue weighted by Gasteiger charge is -2.27. The molecule has 5 rings (SSSR count). The average molecular weight is 458 g/mol. The molecule has 0 bridgehead atoms. The maximum atomic E-state index is 13.8. The summed E-state index contributed by atoms with van der Waals surface area (Å²) in [6, 6.07) is 10.6. The van der Waals surface area contributed by atoms with Crippen molar-refractivity contribution in [1.82, 2.24) is 4.90 Å². The molecule has 7 heteroatoms. The number of halogens is 2. The van der Waals surface area contributed by atoms with Crippen LogP contribution in [0.15, 0.2) is 56.1 Å². The van der Waals surface area contributed by atoms with Crippen molar-refractivity contribution in [1.29, 1.82) is 0 Å². The zero-order valence-corrected chi connectivity index (χ0v) is 16.9. The summed E-state index contributed by atoms with van der Waals surface area (Å²) < 4.78 is 26.2. The van der Waals surface area contributed by atoms with Gasteiger partial charge in [-0.1, -0.05) is 28.1 Å². The second-order valence-corrected chi connectivity index (χ2v) is 8.28. The SMILES string of the molecule is O=C1c2oc3ccc(F)cc3c(=O)c2[C@H](c2ccc(Br)cc2)N1C[C@@H]1CCCO1. The van der Waals surface area contributed by atoms with E-state index >= 15 is 0 Å². The zero-order valence-electron chi connectivity index (χ0n) is 15.4. The Morgan fingerprint density at radius 2 is 1.93 bits per heavy atom. The number of hydrogen-bond donors (Lipinski definition) is 0. The summed E-state index contributed by atoms with van der Waals surface area (Å²) in [5.41, 5.74) is 0.878. The number of ether oxygens (including phenoxy) is 1. The molecule has 0 radical (unpaired) electrons. The predicted octanol–water partition coefficient (Wildman–Crippen LogP) is 4.42. The topological polar surface area (TPSA) is 59.8 Å². The van der Waals surface area contributed by atoms with Crippen LogP contribution in [0.1, 0.15) is 40.6 Å². The largest absolute Gasteiger partial charge is 0.450 e. The van der Waals surface area contributed by atoms with Gasteiger partial charge < -0.3 is 14.1 Å². The quantitative estimate of drug-likeness (QED) is 0.583. The van der Waals surface area contributed by atoms with Crippen molar-refractivity contribution in [3.05, 3.63) is 79.9 Å². The Hall–Kier alpha value is -2.51. The molecule has 0 unspecified atom stereocenters. The molecule has 2 atom stereocenters. The standard InChI is InChI=1S/C22H17BrFNO4/c23-13-5-3-12(4-6-13)19-18-20(26)16-10-14(24)7-8-17(16)29-21(18)22(27)25(19)11-15-2-1-9-28-15/h3-8,10,15,19H,1-2,9,11H2/t15-,19-/m0/s1. The van der Waals surface area contributed by atoms with Crippen molar-refractivity contribution in [2.45, 2.75) is 25.0 Å². The minimum atomic E-state index is -0.598. The first kappa shape index (κ1) is 18.5. The first-order valence-corrected chi connectivity index (χ1v) is 10.3. The van der Waals surface area contributed by atoms with Gasteiger partial charge in [-0.05, 0) is 48.7 Å². The summed E-state index contributed by atoms with van der Waals surface area (Å²) in [7, 11) is 0. The van der Waals surface area contributed by atoms with Crippen LogP contribution in [0, 0.1) is 5.82 Å². The molecule has 1 saturated heterocycles. The van der Waals surface area contributed by atoms with Gasteiger partial charge in [-0.3, -0.25) is 9.59 Å². The van der Waals surface area contributed by atoms with E-state index in [9.17, 15) is 14.0 Å². The minimum absolute atomic E-state index is 0.0278. The maximum Gasteiger partial charge on any atom is 0.291 e. The fourth-order valence-corrected chi connectivity index (χ4v) is 4.44. The molecule has 2 aromatic carbocycles. The van der Waals surface area contributed by atoms with Crippen LogP contribution in [0.2, 0.25) is 0 Å². The van der Waals surface area contributed by atoms with E-state index in [0.29, 0.717) is 13.2 Å². The molecule has 0 saturated carbocycles. The summed E-state index contributed by atoms with van der Waals surface area (Å²) in [6.45, 7) is 1.04. The van der Waals surface area contributed by atoms with Crippen molar-refractivity contribution in [3.8, 4) is 0 Å². The Kier molecular flexibility index (Phi) is 4.52. The number of hydrogen-bond acceptors (Lipinski definition) is 4. The van der Waals surface area contributed by atoms with Gasteiger partial charge in [-0.2, -0.15) is 0 Å². The first-order chi connectivity index (χ1) is 14.0. The molecular weight excluding hydrogens is 441 g/mol. The third-order valence-electron chi connectivity index (χ3n) is 5.54. The Balaban J connectivity index is 1.71. The summed E-state index contributed by atoms with van der Waals surface area (Å²) >= 11 is 3.42. The van der Waals surface area contributed by atoms with E-state index in [-0.39, 0.29) is 39.7 Å². The summed E-state index contributed by atoms with van der Waals surface area (Å²) in [5.74, 6) is -0.836. The smallest absolute Gasteiger partial charge is 0.291 e. The fourth-order valence-electron chi connectivity index (χ4n) is 4.18. The van der Waals surface area contributed by atoms with E-state index in [2.05, 4.69) is 15.9 Å². The fraction of sp³-hybridized carbons (Fsp3) is 0.273. The molecule has 1 amide bonds. The van der Waals surface area contributed by atoms with Crippen molar-refractivity contribution >= 4 is 32.8 Å². The molecule has 1 aromatic heterocycles. The summed E-state index contributed by atoms with van der Waals surface area (Å²) in [4.78, 5) is 28.2. The number of fused-ring (bicyclic) bond motifs is 2. The Bertz CT molecular complexity index is 1170. The molecule has 0 aliphatic carbocycles. The number of rotatable bonds is 3. The normalized spacial score (nSPS) is 21.2. The van der Waals surface area contributed by atoms with E-state index < -0.39 is 11.9 Å². The highest BCUT2D eigenvalue weighted by molar-refractivity contribution is 9.10. The van der Waals surface area contributed by atoms with Gasteiger partial charge in [0.25, 0.3) is 5.91 Å². The molecule has 0 N–H and O–H groups in total. The van der Waals surface area contributed by atoms with Crippen molar-refractivity contribution in [2.75, 3.05) is 13.2 Å². The van der Waals surface area contributed by atoms with E-state index in [4.69, 9.17) is 9.15 Å². The number of amides is 1. The van der Waals surface area contributed by atoms with Crippen molar-refractivity contribution in [2.24, 2.45) is 0 Å². The molecule has 2 aliphatic heterocycles. The molecule has 5 nitrogen and oxygen atoms in total. The average Bonchev–Trinajstić information content (AvgIpc) is 3.32. The first-order valence-electron chi connectivity index (χ1n) is 9.47. The Morgan fingerprint density at radius 3 is 2.66 bits per heavy atom. The van der Waals surface area contributed by atoms with Gasteiger partial charge in [0.05, 0.1) is 23.1 Å². The number of carbonyl (C=O) groups excluding carboxylic acids is 1. The van der Waals surface area contributed by atoms with Gasteiger partial charge in [0.2, 0.25) is 5.76 Å². The monoisotopic (exact) mass is 457 g/mol. The van der Waals surface area contributed by atoms with Crippen LogP contribution >= 0.6 is 15.9 Å². The van der Waals surface area contributed by atoms with Crippen LogP contribution < -0.4 is 5.43 Å². The van der Waals surface area contributed by atoms with Crippen LogP contribution in [-0.2, 0) is 4.74 Å². The van der Waals surface area contributed by atoms with Crippen molar-refractivity contribution in [3.63, 3.8) is 0 Å². The highest BCUT2D eigenvalue weighted by Gasteiger charge is 2.43. The van der Waals surface area contributed by atoms with Gasteiger partial charge in [0, 0.05) is 17.6 Å². The maximum absolute atomic E-state index is 13.8. The third kappa shape index (κ3) is 3.09. The minimum Gasteiger partial charge on any atom is -0.450 e. The van der Waals surface area contributed by atoms with E-state index in [0.717, 1.165) is 28.9 Å². The van der Waals surface area contributed by atoms with Crippen molar-refractivity contribution < 1.29 is 18.3 Å². The Labute approximate surface area is 174 Å². The molecule has 3 aromatic rings. The molecule has 1 fully saturated rings. The summed E-state index contributed by atoms with van der Waals surface area (Å²) in [6.07, 6.45) is 1.73. The van der Waals surface area contributed by atoms with E-state index in [1.165, 1.54) is 12.1 Å². The van der Waals surface area contributed by atoms with Crippen LogP contribution in [0.25, 0.3) is 11.0 Å². The lowest BCUT2D eigenvalue weighted by molar-refractivity contribution is 0.0486. The van der Waals surface area contributed by atoms with Crippen LogP contribution in [0.4, 0.5) is 4.39 Å². The van der Waals surface area contributed by atoms with Crippen LogP contribution in [0.3, 0.4) is 0 Å². The third-order valence-corrected chi connectivity index (χ3v) is 6.07. The molecule has 2 aliphatic rings. The Morgan fingerprint density at radius 1 is 1.14 bits per heavy atom. The highest BCUT2D eigenvalue weighted by atomic mass is 79.9. The van der Waals surface area contributed by atoms with E-state index in [1.54, 1.807) is 4.90 Å². The van der Waals surface area contributed by atoms with E-state index in [1.807, 2.05) is 24.3 Å². The zero-order chi connectivity index (χ0) is 20.1. The number of nitrogens with zero attached hydrogens (tertiary/aromatic N) is 1. The van der Waals surface area contributed by atoms with Crippen LogP contribution in [-0.4, -0.2) is 30.1 Å². The molecule has 0 spiro atoms. The van der Waals surface area contributed by atoms with Gasteiger partial charge in [-0.25, -0.2) is 4.39 Å². The molecule has 148 valence electrons. The summed E-state index contributed by atoms with van der Waals surface area (Å²) in [5, 5.41) is 0.137. The second-order valence-electron chi connectivity index (χ2n) is 7.36. The number of carbonyl (C=O) groups is 1.